The van der Waals surface area contributed by atoms with E-state index in [2.05, 4.69) is 5.32 Å². The summed E-state index contributed by atoms with van der Waals surface area (Å²) in [6.45, 7) is 8.02. The number of hydrogen-bond acceptors (Lipinski definition) is 8. The Morgan fingerprint density at radius 1 is 1.14 bits per heavy atom. The van der Waals surface area contributed by atoms with Gasteiger partial charge in [-0.1, -0.05) is 26.0 Å². The van der Waals surface area contributed by atoms with Crippen molar-refractivity contribution >= 4 is 41.8 Å². The monoisotopic (exact) mass is 517 g/mol. The molecule has 0 aliphatic carbocycles. The van der Waals surface area contributed by atoms with E-state index < -0.39 is 25.4 Å². The third-order valence-electron chi connectivity index (χ3n) is 6.16. The van der Waals surface area contributed by atoms with Crippen LogP contribution in [0.4, 0.5) is 5.69 Å². The third kappa shape index (κ3) is 4.84. The van der Waals surface area contributed by atoms with E-state index in [9.17, 15) is 18.9 Å². The van der Waals surface area contributed by atoms with Crippen LogP contribution in [-0.2, 0) is 23.2 Å². The van der Waals surface area contributed by atoms with Gasteiger partial charge >= 0.3 is 7.60 Å². The molecule has 0 unspecified atom stereocenters. The molecule has 2 aromatic rings. The Balaban J connectivity index is 1.60. The Bertz CT molecular complexity index is 1240. The minimum absolute atomic E-state index is 0.107. The van der Waals surface area contributed by atoms with Crippen LogP contribution in [0.5, 0.6) is 0 Å². The molecule has 1 fully saturated rings. The molecule has 3 amide bonds. The molecule has 0 bridgehead atoms. The highest BCUT2D eigenvalue weighted by atomic mass is 31.2. The molecule has 0 aromatic heterocycles. The molecule has 4 rings (SSSR count). The van der Waals surface area contributed by atoms with Gasteiger partial charge in [-0.05, 0) is 43.4 Å². The van der Waals surface area contributed by atoms with Crippen LogP contribution in [0, 0.1) is 5.92 Å². The SMILES string of the molecule is CCOP(=O)(OCC)[C@@H]1C[C@H](C(=O)Nc2cc3c4c(cccc4c2)C(=O)N(CC(C)C)C3=O)ON1C. The topological polar surface area (TPSA) is 114 Å². The summed E-state index contributed by atoms with van der Waals surface area (Å²) in [7, 11) is -1.93. The number of rotatable bonds is 9. The van der Waals surface area contributed by atoms with Crippen molar-refractivity contribution in [2.75, 3.05) is 32.1 Å². The van der Waals surface area contributed by atoms with Crippen molar-refractivity contribution < 1.29 is 32.8 Å². The predicted octanol–water partition coefficient (Wildman–Crippen LogP) is 4.26. The lowest BCUT2D eigenvalue weighted by Crippen LogP contribution is -2.42. The third-order valence-corrected chi connectivity index (χ3v) is 8.66. The number of imide groups is 1. The molecule has 2 aromatic carbocycles. The van der Waals surface area contributed by atoms with Crippen molar-refractivity contribution in [3.8, 4) is 0 Å². The first-order chi connectivity index (χ1) is 17.1. The summed E-state index contributed by atoms with van der Waals surface area (Å²) in [6.07, 6.45) is -0.817. The lowest BCUT2D eigenvalue weighted by molar-refractivity contribution is -0.155. The normalized spacial score (nSPS) is 20.6. The highest BCUT2D eigenvalue weighted by Crippen LogP contribution is 2.57. The molecular formula is C25H32N3O7P. The molecule has 2 atom stereocenters. The Kier molecular flexibility index (Phi) is 7.64. The summed E-state index contributed by atoms with van der Waals surface area (Å²) < 4.78 is 24.1. The average molecular weight is 518 g/mol. The molecule has 2 heterocycles. The summed E-state index contributed by atoms with van der Waals surface area (Å²) >= 11 is 0. The first-order valence-electron chi connectivity index (χ1n) is 12.1. The van der Waals surface area contributed by atoms with E-state index in [4.69, 9.17) is 13.9 Å². The minimum atomic E-state index is -3.52. The van der Waals surface area contributed by atoms with E-state index in [1.807, 2.05) is 13.8 Å². The quantitative estimate of drug-likeness (QED) is 0.388. The molecule has 0 radical (unpaired) electrons. The Labute approximate surface area is 210 Å². The van der Waals surface area contributed by atoms with Gasteiger partial charge in [-0.2, -0.15) is 5.06 Å². The fraction of sp³-hybridized carbons (Fsp3) is 0.480. The number of carbonyl (C=O) groups excluding carboxylic acids is 3. The van der Waals surface area contributed by atoms with Crippen molar-refractivity contribution in [2.45, 2.75) is 46.0 Å². The number of benzene rings is 2. The van der Waals surface area contributed by atoms with Gasteiger partial charge in [-0.3, -0.25) is 28.7 Å². The van der Waals surface area contributed by atoms with E-state index in [0.717, 1.165) is 0 Å². The van der Waals surface area contributed by atoms with Crippen LogP contribution < -0.4 is 5.32 Å². The molecule has 36 heavy (non-hydrogen) atoms. The van der Waals surface area contributed by atoms with E-state index >= 15 is 0 Å². The van der Waals surface area contributed by atoms with Gasteiger partial charge < -0.3 is 14.4 Å². The van der Waals surface area contributed by atoms with Crippen LogP contribution >= 0.6 is 7.60 Å². The Hall–Kier alpha value is -2.62. The van der Waals surface area contributed by atoms with E-state index in [-0.39, 0.29) is 37.4 Å². The number of nitrogens with zero attached hydrogens (tertiary/aromatic N) is 2. The maximum Gasteiger partial charge on any atom is 0.350 e. The molecule has 0 spiro atoms. The lowest BCUT2D eigenvalue weighted by atomic mass is 9.93. The van der Waals surface area contributed by atoms with Crippen LogP contribution in [-0.4, -0.2) is 66.4 Å². The summed E-state index contributed by atoms with van der Waals surface area (Å²) in [5, 5.41) is 5.43. The van der Waals surface area contributed by atoms with E-state index in [1.165, 1.54) is 9.96 Å². The van der Waals surface area contributed by atoms with Crippen molar-refractivity contribution in [2.24, 2.45) is 5.92 Å². The number of hydrogen-bond donors (Lipinski definition) is 1. The summed E-state index contributed by atoms with van der Waals surface area (Å²) in [6, 6.07) is 8.58. The molecule has 194 valence electrons. The lowest BCUT2D eigenvalue weighted by Gasteiger charge is -2.29. The van der Waals surface area contributed by atoms with Gasteiger partial charge in [0.25, 0.3) is 17.7 Å². The summed E-state index contributed by atoms with van der Waals surface area (Å²) in [5.41, 5.74) is 1.23. The number of hydroxylamine groups is 2. The zero-order valence-electron chi connectivity index (χ0n) is 21.1. The maximum absolute atomic E-state index is 13.3. The van der Waals surface area contributed by atoms with E-state index in [0.29, 0.717) is 34.1 Å². The molecule has 1 N–H and O–H groups in total. The van der Waals surface area contributed by atoms with Crippen LogP contribution in [0.3, 0.4) is 0 Å². The number of carbonyl (C=O) groups is 3. The number of nitrogens with one attached hydrogen (secondary N) is 1. The zero-order chi connectivity index (χ0) is 26.2. The second-order valence-electron chi connectivity index (χ2n) is 9.26. The fourth-order valence-corrected chi connectivity index (χ4v) is 6.73. The first kappa shape index (κ1) is 26.4. The molecule has 0 saturated carbocycles. The van der Waals surface area contributed by atoms with Gasteiger partial charge in [-0.15, -0.1) is 0 Å². The largest absolute Gasteiger partial charge is 0.350 e. The van der Waals surface area contributed by atoms with Crippen LogP contribution in [0.2, 0.25) is 0 Å². The minimum Gasteiger partial charge on any atom is -0.324 e. The highest BCUT2D eigenvalue weighted by Gasteiger charge is 2.48. The number of amides is 3. The standard InChI is InChI=1S/C25H32N3O7P/c1-6-33-36(32,34-7-2)21-13-20(35-27(21)5)23(29)26-17-11-16-9-8-10-18-22(16)19(12-17)25(31)28(24(18)30)14-15(3)4/h8-12,15,20-21H,6-7,13-14H2,1-5H3,(H,26,29)/t20-,21-/m1/s1. The average Bonchev–Trinajstić information content (AvgIpc) is 3.22. The summed E-state index contributed by atoms with van der Waals surface area (Å²) in [5.74, 6) is -1.78. The molecule has 10 nitrogen and oxygen atoms in total. The van der Waals surface area contributed by atoms with Gasteiger partial charge in [0.2, 0.25) is 0 Å². The van der Waals surface area contributed by atoms with Crippen molar-refractivity contribution in [1.29, 1.82) is 0 Å². The van der Waals surface area contributed by atoms with Crippen molar-refractivity contribution in [1.82, 2.24) is 9.96 Å². The Morgan fingerprint density at radius 3 is 2.44 bits per heavy atom. The second kappa shape index (κ2) is 10.4. The van der Waals surface area contributed by atoms with Crippen LogP contribution in [0.25, 0.3) is 10.8 Å². The highest BCUT2D eigenvalue weighted by molar-refractivity contribution is 7.54. The smallest absolute Gasteiger partial charge is 0.324 e. The van der Waals surface area contributed by atoms with Crippen molar-refractivity contribution in [3.05, 3.63) is 41.5 Å². The van der Waals surface area contributed by atoms with E-state index in [1.54, 1.807) is 51.2 Å². The molecular weight excluding hydrogens is 485 g/mol. The summed E-state index contributed by atoms with van der Waals surface area (Å²) in [4.78, 5) is 46.3. The molecule has 2 aliphatic heterocycles. The van der Waals surface area contributed by atoms with Crippen LogP contribution in [0.1, 0.15) is 54.8 Å². The van der Waals surface area contributed by atoms with Gasteiger partial charge in [0.1, 0.15) is 5.78 Å². The zero-order valence-corrected chi connectivity index (χ0v) is 22.0. The molecule has 11 heteroatoms. The molecule has 2 aliphatic rings. The Morgan fingerprint density at radius 2 is 1.81 bits per heavy atom. The van der Waals surface area contributed by atoms with Gasteiger partial charge in [0.15, 0.2) is 6.10 Å². The molecule has 1 saturated heterocycles. The predicted molar refractivity (Wildman–Crippen MR) is 135 cm³/mol. The van der Waals surface area contributed by atoms with Crippen molar-refractivity contribution in [3.63, 3.8) is 0 Å². The van der Waals surface area contributed by atoms with Crippen LogP contribution in [0.15, 0.2) is 30.3 Å². The fourth-order valence-electron chi connectivity index (χ4n) is 4.69. The second-order valence-corrected chi connectivity index (χ2v) is 11.5. The van der Waals surface area contributed by atoms with Gasteiger partial charge in [0.05, 0.1) is 18.8 Å². The van der Waals surface area contributed by atoms with Gasteiger partial charge in [0, 0.05) is 36.7 Å². The van der Waals surface area contributed by atoms with Gasteiger partial charge in [-0.25, -0.2) is 0 Å². The maximum atomic E-state index is 13.3. The first-order valence-corrected chi connectivity index (χ1v) is 13.7. The number of anilines is 1.